The molecule has 0 unspecified atom stereocenters. The number of rotatable bonds is 11. The second-order valence-corrected chi connectivity index (χ2v) is 7.66. The molecule has 0 heterocycles. The van der Waals surface area contributed by atoms with Crippen LogP contribution in [0, 0.1) is 0 Å². The fraction of sp³-hybridized carbons (Fsp3) is 0.619. The summed E-state index contributed by atoms with van der Waals surface area (Å²) >= 11 is 0. The lowest BCUT2D eigenvalue weighted by atomic mass is 10.2. The second kappa shape index (κ2) is 12.4. The van der Waals surface area contributed by atoms with Gasteiger partial charge in [-0.15, -0.1) is 0 Å². The van der Waals surface area contributed by atoms with E-state index in [4.69, 9.17) is 18.9 Å². The Bertz CT molecular complexity index is 613. The number of alkyl carbamates (subject to hydrolysis) is 1. The normalized spacial score (nSPS) is 14.6. The van der Waals surface area contributed by atoms with Crippen molar-refractivity contribution in [2.45, 2.75) is 64.6 Å². The van der Waals surface area contributed by atoms with Crippen LogP contribution in [0.3, 0.4) is 0 Å². The fourth-order valence-corrected chi connectivity index (χ4v) is 2.35. The fourth-order valence-electron chi connectivity index (χ4n) is 2.35. The molecular formula is C21H33NO7. The van der Waals surface area contributed by atoms with Gasteiger partial charge in [-0.2, -0.15) is 0 Å². The van der Waals surface area contributed by atoms with E-state index in [0.717, 1.165) is 5.56 Å². The van der Waals surface area contributed by atoms with Crippen molar-refractivity contribution in [3.8, 4) is 0 Å². The van der Waals surface area contributed by atoms with Crippen molar-refractivity contribution in [3.05, 3.63) is 35.9 Å². The van der Waals surface area contributed by atoms with Gasteiger partial charge < -0.3 is 29.4 Å². The Kier molecular flexibility index (Phi) is 10.6. The van der Waals surface area contributed by atoms with Crippen LogP contribution in [0.1, 0.15) is 39.7 Å². The van der Waals surface area contributed by atoms with Crippen LogP contribution in [0.15, 0.2) is 30.3 Å². The molecule has 8 heteroatoms. The monoisotopic (exact) mass is 411 g/mol. The zero-order valence-electron chi connectivity index (χ0n) is 17.8. The van der Waals surface area contributed by atoms with Crippen LogP contribution < -0.4 is 5.32 Å². The number of carbonyl (C=O) groups excluding carboxylic acids is 2. The third-order valence-corrected chi connectivity index (χ3v) is 3.85. The van der Waals surface area contributed by atoms with E-state index in [1.807, 2.05) is 30.3 Å². The van der Waals surface area contributed by atoms with Crippen molar-refractivity contribution >= 4 is 12.1 Å². The SMILES string of the molecule is COC(=O)[C@H](CCOC[C@@H](OCc1ccccc1)[C@H](C)O)NC(=O)OC(C)(C)C. The minimum Gasteiger partial charge on any atom is -0.467 e. The number of carbonyl (C=O) groups is 2. The van der Waals surface area contributed by atoms with Crippen molar-refractivity contribution in [1.82, 2.24) is 5.32 Å². The Morgan fingerprint density at radius 3 is 2.38 bits per heavy atom. The Morgan fingerprint density at radius 1 is 1.17 bits per heavy atom. The van der Waals surface area contributed by atoms with Gasteiger partial charge in [0.15, 0.2) is 0 Å². The molecular weight excluding hydrogens is 378 g/mol. The van der Waals surface area contributed by atoms with E-state index in [9.17, 15) is 14.7 Å². The van der Waals surface area contributed by atoms with Gasteiger partial charge in [-0.25, -0.2) is 9.59 Å². The lowest BCUT2D eigenvalue weighted by Gasteiger charge is -2.23. The smallest absolute Gasteiger partial charge is 0.408 e. The third-order valence-electron chi connectivity index (χ3n) is 3.85. The Balaban J connectivity index is 2.46. The zero-order valence-corrected chi connectivity index (χ0v) is 17.8. The van der Waals surface area contributed by atoms with Gasteiger partial charge in [0.05, 0.1) is 26.4 Å². The first-order valence-electron chi connectivity index (χ1n) is 9.61. The number of ether oxygens (including phenoxy) is 4. The number of hydrogen-bond acceptors (Lipinski definition) is 7. The van der Waals surface area contributed by atoms with Gasteiger partial charge in [0.25, 0.3) is 0 Å². The van der Waals surface area contributed by atoms with Crippen molar-refractivity contribution < 1.29 is 33.6 Å². The molecule has 8 nitrogen and oxygen atoms in total. The molecule has 164 valence electrons. The number of esters is 1. The highest BCUT2D eigenvalue weighted by Crippen LogP contribution is 2.09. The van der Waals surface area contributed by atoms with E-state index in [1.54, 1.807) is 27.7 Å². The molecule has 0 aliphatic carbocycles. The van der Waals surface area contributed by atoms with Crippen LogP contribution in [0.25, 0.3) is 0 Å². The lowest BCUT2D eigenvalue weighted by molar-refractivity contribution is -0.144. The molecule has 1 aromatic rings. The summed E-state index contributed by atoms with van der Waals surface area (Å²) in [6.45, 7) is 7.47. The van der Waals surface area contributed by atoms with Gasteiger partial charge in [0.1, 0.15) is 17.7 Å². The molecule has 0 aliphatic rings. The van der Waals surface area contributed by atoms with Crippen LogP contribution in [0.2, 0.25) is 0 Å². The van der Waals surface area contributed by atoms with E-state index in [0.29, 0.717) is 6.61 Å². The van der Waals surface area contributed by atoms with Crippen molar-refractivity contribution in [1.29, 1.82) is 0 Å². The van der Waals surface area contributed by atoms with Crippen LogP contribution >= 0.6 is 0 Å². The minimum absolute atomic E-state index is 0.144. The molecule has 0 spiro atoms. The van der Waals surface area contributed by atoms with Crippen molar-refractivity contribution in [2.24, 2.45) is 0 Å². The van der Waals surface area contributed by atoms with Crippen LogP contribution in [-0.2, 0) is 30.3 Å². The first-order chi connectivity index (χ1) is 13.6. The minimum atomic E-state index is -0.898. The number of methoxy groups -OCH3 is 1. The highest BCUT2D eigenvalue weighted by Gasteiger charge is 2.25. The van der Waals surface area contributed by atoms with E-state index >= 15 is 0 Å². The predicted molar refractivity (Wildman–Crippen MR) is 107 cm³/mol. The first kappa shape index (κ1) is 24.9. The zero-order chi connectivity index (χ0) is 21.9. The lowest BCUT2D eigenvalue weighted by Crippen LogP contribution is -2.44. The molecule has 1 rings (SSSR count). The summed E-state index contributed by atoms with van der Waals surface area (Å²) in [7, 11) is 1.24. The average molecular weight is 411 g/mol. The number of amides is 1. The maximum Gasteiger partial charge on any atom is 0.408 e. The van der Waals surface area contributed by atoms with E-state index in [2.05, 4.69) is 5.32 Å². The molecule has 0 radical (unpaired) electrons. The van der Waals surface area contributed by atoms with Crippen LogP contribution in [0.5, 0.6) is 0 Å². The highest BCUT2D eigenvalue weighted by atomic mass is 16.6. The van der Waals surface area contributed by atoms with E-state index < -0.39 is 35.9 Å². The molecule has 1 aromatic carbocycles. The quantitative estimate of drug-likeness (QED) is 0.426. The summed E-state index contributed by atoms with van der Waals surface area (Å²) in [6, 6.07) is 8.72. The number of hydrogen-bond donors (Lipinski definition) is 2. The van der Waals surface area contributed by atoms with Crippen molar-refractivity contribution in [2.75, 3.05) is 20.3 Å². The van der Waals surface area contributed by atoms with E-state index in [-0.39, 0.29) is 19.6 Å². The first-order valence-corrected chi connectivity index (χ1v) is 9.61. The van der Waals surface area contributed by atoms with Gasteiger partial charge in [-0.05, 0) is 33.3 Å². The number of aliphatic hydroxyl groups excluding tert-OH is 1. The molecule has 0 saturated carbocycles. The summed E-state index contributed by atoms with van der Waals surface area (Å²) in [6.07, 6.45) is -1.77. The Morgan fingerprint density at radius 2 is 1.83 bits per heavy atom. The van der Waals surface area contributed by atoms with Gasteiger partial charge in [0, 0.05) is 13.0 Å². The predicted octanol–water partition coefficient (Wildman–Crippen LogP) is 2.43. The number of benzene rings is 1. The largest absolute Gasteiger partial charge is 0.467 e. The summed E-state index contributed by atoms with van der Waals surface area (Å²) in [5, 5.41) is 12.4. The van der Waals surface area contributed by atoms with Crippen molar-refractivity contribution in [3.63, 3.8) is 0 Å². The van der Waals surface area contributed by atoms with Gasteiger partial charge >= 0.3 is 12.1 Å². The Labute approximate surface area is 172 Å². The molecule has 0 bridgehead atoms. The molecule has 29 heavy (non-hydrogen) atoms. The number of aliphatic hydroxyl groups is 1. The van der Waals surface area contributed by atoms with Crippen LogP contribution in [-0.4, -0.2) is 61.3 Å². The average Bonchev–Trinajstić information content (AvgIpc) is 2.64. The van der Waals surface area contributed by atoms with Gasteiger partial charge in [-0.3, -0.25) is 0 Å². The maximum atomic E-state index is 11.9. The molecule has 1 amide bonds. The maximum absolute atomic E-state index is 11.9. The summed E-state index contributed by atoms with van der Waals surface area (Å²) in [5.74, 6) is -0.591. The highest BCUT2D eigenvalue weighted by molar-refractivity contribution is 5.81. The van der Waals surface area contributed by atoms with Gasteiger partial charge in [-0.1, -0.05) is 30.3 Å². The summed E-state index contributed by atoms with van der Waals surface area (Å²) < 4.78 is 21.2. The summed E-state index contributed by atoms with van der Waals surface area (Å²) in [4.78, 5) is 23.8. The van der Waals surface area contributed by atoms with Gasteiger partial charge in [0.2, 0.25) is 0 Å². The molecule has 0 aliphatic heterocycles. The molecule has 3 atom stereocenters. The number of nitrogens with one attached hydrogen (secondary N) is 1. The standard InChI is InChI=1S/C21H33NO7/c1-15(23)18(28-13-16-9-7-6-8-10-16)14-27-12-11-17(19(24)26-5)22-20(25)29-21(2,3)4/h6-10,15,17-18,23H,11-14H2,1-5H3,(H,22,25)/t15-,17-,18+/m0/s1. The Hall–Kier alpha value is -2.16. The third kappa shape index (κ3) is 10.8. The second-order valence-electron chi connectivity index (χ2n) is 7.66. The van der Waals surface area contributed by atoms with E-state index in [1.165, 1.54) is 7.11 Å². The molecule has 0 saturated heterocycles. The summed E-state index contributed by atoms with van der Waals surface area (Å²) in [5.41, 5.74) is 0.312. The van der Waals surface area contributed by atoms with Crippen LogP contribution in [0.4, 0.5) is 4.79 Å². The topological polar surface area (TPSA) is 103 Å². The molecule has 2 N–H and O–H groups in total. The molecule has 0 aromatic heterocycles. The molecule has 0 fully saturated rings.